The Morgan fingerprint density at radius 3 is 2.88 bits per heavy atom. The summed E-state index contributed by atoms with van der Waals surface area (Å²) < 4.78 is 0.928. The fourth-order valence-electron chi connectivity index (χ4n) is 1.43. The molecule has 90 valence electrons. The monoisotopic (exact) mass is 305 g/mol. The number of aliphatic hydroxyl groups excluding tert-OH is 1. The summed E-state index contributed by atoms with van der Waals surface area (Å²) in [6, 6.07) is 5.92. The average Bonchev–Trinajstić information content (AvgIpc) is 2.24. The molecule has 0 heterocycles. The predicted molar refractivity (Wildman–Crippen MR) is 71.7 cm³/mol. The van der Waals surface area contributed by atoms with Crippen LogP contribution in [0.3, 0.4) is 0 Å². The van der Waals surface area contributed by atoms with Crippen LogP contribution in [-0.2, 0) is 6.54 Å². The van der Waals surface area contributed by atoms with E-state index in [1.807, 2.05) is 18.2 Å². The lowest BCUT2D eigenvalue weighted by Crippen LogP contribution is -2.21. The fraction of sp³-hybridized carbons (Fsp3) is 0.500. The summed E-state index contributed by atoms with van der Waals surface area (Å²) in [4.78, 5) is 0. The number of aliphatic hydroxyl groups is 1. The first kappa shape index (κ1) is 14.0. The minimum absolute atomic E-state index is 0.259. The SMILES string of the molecule is CC(CCO)CNCc1ccc(Cl)c(Br)c1. The van der Waals surface area contributed by atoms with Gasteiger partial charge in [-0.15, -0.1) is 0 Å². The predicted octanol–water partition coefficient (Wildman–Crippen LogP) is 3.21. The highest BCUT2D eigenvalue weighted by Crippen LogP contribution is 2.23. The maximum absolute atomic E-state index is 8.77. The Labute approximate surface area is 110 Å². The summed E-state index contributed by atoms with van der Waals surface area (Å²) >= 11 is 9.31. The fourth-order valence-corrected chi connectivity index (χ4v) is 1.98. The average molecular weight is 307 g/mol. The third kappa shape index (κ3) is 4.83. The molecule has 0 amide bonds. The maximum Gasteiger partial charge on any atom is 0.0548 e. The summed E-state index contributed by atoms with van der Waals surface area (Å²) in [5, 5.41) is 12.9. The summed E-state index contributed by atoms with van der Waals surface area (Å²) in [5.41, 5.74) is 1.20. The molecule has 4 heteroatoms. The van der Waals surface area contributed by atoms with Gasteiger partial charge in [0, 0.05) is 17.6 Å². The van der Waals surface area contributed by atoms with Gasteiger partial charge in [-0.05, 0) is 52.5 Å². The summed E-state index contributed by atoms with van der Waals surface area (Å²) in [5.74, 6) is 0.501. The summed E-state index contributed by atoms with van der Waals surface area (Å²) in [6.07, 6.45) is 0.845. The number of benzene rings is 1. The normalized spacial score (nSPS) is 12.8. The second-order valence-corrected chi connectivity index (χ2v) is 5.26. The van der Waals surface area contributed by atoms with Gasteiger partial charge in [-0.2, -0.15) is 0 Å². The van der Waals surface area contributed by atoms with Crippen LogP contribution in [0.1, 0.15) is 18.9 Å². The number of hydrogen-bond acceptors (Lipinski definition) is 2. The van der Waals surface area contributed by atoms with Crippen LogP contribution in [0.4, 0.5) is 0 Å². The second-order valence-electron chi connectivity index (χ2n) is 4.00. The Kier molecular flexibility index (Phi) is 6.36. The first-order valence-corrected chi connectivity index (χ1v) is 6.56. The molecule has 2 N–H and O–H groups in total. The van der Waals surface area contributed by atoms with E-state index in [9.17, 15) is 0 Å². The third-order valence-electron chi connectivity index (χ3n) is 2.43. The van der Waals surface area contributed by atoms with E-state index in [1.54, 1.807) is 0 Å². The Morgan fingerprint density at radius 1 is 1.50 bits per heavy atom. The lowest BCUT2D eigenvalue weighted by Gasteiger charge is -2.11. The van der Waals surface area contributed by atoms with Gasteiger partial charge in [0.1, 0.15) is 0 Å². The summed E-state index contributed by atoms with van der Waals surface area (Å²) in [7, 11) is 0. The highest BCUT2D eigenvalue weighted by atomic mass is 79.9. The Hall–Kier alpha value is -0.0900. The van der Waals surface area contributed by atoms with E-state index in [-0.39, 0.29) is 6.61 Å². The molecule has 2 nitrogen and oxygen atoms in total. The van der Waals surface area contributed by atoms with E-state index < -0.39 is 0 Å². The summed E-state index contributed by atoms with van der Waals surface area (Å²) in [6.45, 7) is 4.13. The Morgan fingerprint density at radius 2 is 2.25 bits per heavy atom. The molecule has 1 aromatic rings. The van der Waals surface area contributed by atoms with Gasteiger partial charge >= 0.3 is 0 Å². The lowest BCUT2D eigenvalue weighted by molar-refractivity contribution is 0.260. The molecule has 0 spiro atoms. The minimum atomic E-state index is 0.259. The molecule has 0 aliphatic carbocycles. The molecule has 1 unspecified atom stereocenters. The maximum atomic E-state index is 8.77. The Balaban J connectivity index is 2.34. The number of hydrogen-bond donors (Lipinski definition) is 2. The number of nitrogens with one attached hydrogen (secondary N) is 1. The zero-order chi connectivity index (χ0) is 12.0. The van der Waals surface area contributed by atoms with Crippen LogP contribution in [0.2, 0.25) is 5.02 Å². The zero-order valence-electron chi connectivity index (χ0n) is 9.34. The van der Waals surface area contributed by atoms with Gasteiger partial charge in [-0.25, -0.2) is 0 Å². The van der Waals surface area contributed by atoms with Crippen LogP contribution in [0.25, 0.3) is 0 Å². The van der Waals surface area contributed by atoms with Gasteiger partial charge in [0.2, 0.25) is 0 Å². The molecule has 16 heavy (non-hydrogen) atoms. The second kappa shape index (κ2) is 7.28. The van der Waals surface area contributed by atoms with Crippen LogP contribution in [0, 0.1) is 5.92 Å². The number of halogens is 2. The van der Waals surface area contributed by atoms with Crippen molar-refractivity contribution >= 4 is 27.5 Å². The van der Waals surface area contributed by atoms with Crippen molar-refractivity contribution < 1.29 is 5.11 Å². The lowest BCUT2D eigenvalue weighted by atomic mass is 10.1. The van der Waals surface area contributed by atoms with Crippen LogP contribution >= 0.6 is 27.5 Å². The quantitative estimate of drug-likeness (QED) is 0.846. The third-order valence-corrected chi connectivity index (χ3v) is 3.64. The minimum Gasteiger partial charge on any atom is -0.396 e. The van der Waals surface area contributed by atoms with Gasteiger partial charge in [0.15, 0.2) is 0 Å². The molecule has 0 aliphatic heterocycles. The van der Waals surface area contributed by atoms with Gasteiger partial charge in [0.05, 0.1) is 5.02 Å². The van der Waals surface area contributed by atoms with Gasteiger partial charge in [-0.3, -0.25) is 0 Å². The molecule has 0 fully saturated rings. The smallest absolute Gasteiger partial charge is 0.0548 e. The van der Waals surface area contributed by atoms with E-state index in [0.717, 1.165) is 29.0 Å². The first-order chi connectivity index (χ1) is 7.63. The van der Waals surface area contributed by atoms with Crippen molar-refractivity contribution in [2.24, 2.45) is 5.92 Å². The Bertz CT molecular complexity index is 333. The molecule has 1 atom stereocenters. The largest absolute Gasteiger partial charge is 0.396 e. The highest BCUT2D eigenvalue weighted by Gasteiger charge is 2.02. The van der Waals surface area contributed by atoms with E-state index >= 15 is 0 Å². The van der Waals surface area contributed by atoms with Crippen LogP contribution < -0.4 is 5.32 Å². The van der Waals surface area contributed by atoms with Crippen molar-refractivity contribution in [2.45, 2.75) is 19.9 Å². The molecular formula is C12H17BrClNO. The number of rotatable bonds is 6. The van der Waals surface area contributed by atoms with Crippen LogP contribution in [0.5, 0.6) is 0 Å². The molecule has 0 saturated carbocycles. The van der Waals surface area contributed by atoms with Crippen molar-refractivity contribution in [2.75, 3.05) is 13.2 Å². The van der Waals surface area contributed by atoms with Crippen LogP contribution in [0.15, 0.2) is 22.7 Å². The zero-order valence-corrected chi connectivity index (χ0v) is 11.7. The molecule has 0 radical (unpaired) electrons. The van der Waals surface area contributed by atoms with Gasteiger partial charge in [0.25, 0.3) is 0 Å². The van der Waals surface area contributed by atoms with E-state index in [0.29, 0.717) is 5.92 Å². The van der Waals surface area contributed by atoms with Crippen molar-refractivity contribution in [3.63, 3.8) is 0 Å². The molecule has 0 aromatic heterocycles. The van der Waals surface area contributed by atoms with Gasteiger partial charge < -0.3 is 10.4 Å². The topological polar surface area (TPSA) is 32.3 Å². The van der Waals surface area contributed by atoms with Crippen molar-refractivity contribution in [1.29, 1.82) is 0 Å². The standard InChI is InChI=1S/C12H17BrClNO/c1-9(4-5-16)7-15-8-10-2-3-12(14)11(13)6-10/h2-3,6,9,15-16H,4-5,7-8H2,1H3. The molecule has 1 aromatic carbocycles. The van der Waals surface area contributed by atoms with Crippen molar-refractivity contribution in [3.05, 3.63) is 33.3 Å². The van der Waals surface area contributed by atoms with Gasteiger partial charge in [-0.1, -0.05) is 24.6 Å². The van der Waals surface area contributed by atoms with E-state index in [2.05, 4.69) is 28.2 Å². The molecular weight excluding hydrogens is 289 g/mol. The van der Waals surface area contributed by atoms with Crippen LogP contribution in [-0.4, -0.2) is 18.3 Å². The molecule has 1 rings (SSSR count). The van der Waals surface area contributed by atoms with Crippen molar-refractivity contribution in [3.8, 4) is 0 Å². The molecule has 0 saturated heterocycles. The van der Waals surface area contributed by atoms with E-state index in [4.69, 9.17) is 16.7 Å². The van der Waals surface area contributed by atoms with Crippen molar-refractivity contribution in [1.82, 2.24) is 5.32 Å². The highest BCUT2D eigenvalue weighted by molar-refractivity contribution is 9.10. The first-order valence-electron chi connectivity index (χ1n) is 5.39. The molecule has 0 bridgehead atoms. The molecule has 0 aliphatic rings. The van der Waals surface area contributed by atoms with E-state index in [1.165, 1.54) is 5.56 Å².